The quantitative estimate of drug-likeness (QED) is 0.458. The van der Waals surface area contributed by atoms with Crippen molar-refractivity contribution in [3.63, 3.8) is 0 Å². The number of alkyl halides is 3. The lowest BCUT2D eigenvalue weighted by atomic mass is 9.99. The van der Waals surface area contributed by atoms with Gasteiger partial charge in [0.1, 0.15) is 5.69 Å². The van der Waals surface area contributed by atoms with Crippen molar-refractivity contribution in [3.8, 4) is 17.2 Å². The van der Waals surface area contributed by atoms with Crippen LogP contribution in [-0.2, 0) is 24.4 Å². The van der Waals surface area contributed by atoms with Crippen molar-refractivity contribution in [2.75, 3.05) is 36.5 Å². The molecule has 1 amide bonds. The van der Waals surface area contributed by atoms with Crippen LogP contribution in [0.4, 0.5) is 24.5 Å². The second-order valence-corrected chi connectivity index (χ2v) is 8.82. The van der Waals surface area contributed by atoms with Crippen LogP contribution in [0.15, 0.2) is 53.5 Å². The van der Waals surface area contributed by atoms with Gasteiger partial charge >= 0.3 is 6.18 Å². The van der Waals surface area contributed by atoms with E-state index in [-0.39, 0.29) is 16.7 Å². The zero-order chi connectivity index (χ0) is 28.7. The average Bonchev–Trinajstić information content (AvgIpc) is 2.92. The maximum atomic E-state index is 13.5. The van der Waals surface area contributed by atoms with Crippen LogP contribution in [0.2, 0.25) is 0 Å². The van der Waals surface area contributed by atoms with Gasteiger partial charge in [0.05, 0.1) is 31.3 Å². The molecule has 0 radical (unpaired) electrons. The standard InChI is InChI=1S/C27H25F3N4O3.C2H6/c1-17-3-6-21(32-25(35)19-5-4-18(7-8-31)23(13-19)27(28,29)30)15-22(17)20-14-24(26(36)33(2)16-20)34-9-11-37-12-10-34;1-2/h3-6,13-16H,7,9-12H2,1-2H3,(H,32,35);1-2H3. The Morgan fingerprint density at radius 1 is 1.10 bits per heavy atom. The molecule has 10 heteroatoms. The molecule has 1 aliphatic heterocycles. The summed E-state index contributed by atoms with van der Waals surface area (Å²) in [6.45, 7) is 8.15. The third kappa shape index (κ3) is 6.86. The monoisotopic (exact) mass is 540 g/mol. The third-order valence-corrected chi connectivity index (χ3v) is 6.27. The molecule has 3 aromatic rings. The van der Waals surface area contributed by atoms with E-state index >= 15 is 0 Å². The molecule has 0 bridgehead atoms. The summed E-state index contributed by atoms with van der Waals surface area (Å²) in [6.07, 6.45) is -3.39. The highest BCUT2D eigenvalue weighted by atomic mass is 19.4. The fourth-order valence-corrected chi connectivity index (χ4v) is 4.31. The number of halogens is 3. The highest BCUT2D eigenvalue weighted by molar-refractivity contribution is 6.04. The fourth-order valence-electron chi connectivity index (χ4n) is 4.31. The van der Waals surface area contributed by atoms with Gasteiger partial charge in [0.2, 0.25) is 0 Å². The second-order valence-electron chi connectivity index (χ2n) is 8.82. The van der Waals surface area contributed by atoms with Crippen molar-refractivity contribution in [2.24, 2.45) is 7.05 Å². The number of amides is 1. The second kappa shape index (κ2) is 12.6. The number of carbonyl (C=O) groups excluding carboxylic acids is 1. The molecule has 2 aromatic carbocycles. The molecular formula is C29H31F3N4O3. The van der Waals surface area contributed by atoms with Crippen LogP contribution >= 0.6 is 0 Å². The fraction of sp³-hybridized carbons (Fsp3) is 0.345. The molecule has 2 heterocycles. The van der Waals surface area contributed by atoms with Crippen molar-refractivity contribution in [1.82, 2.24) is 4.57 Å². The molecule has 0 atom stereocenters. The molecule has 206 valence electrons. The van der Waals surface area contributed by atoms with Crippen LogP contribution in [0.3, 0.4) is 0 Å². The maximum Gasteiger partial charge on any atom is 0.416 e. The van der Waals surface area contributed by atoms with Gasteiger partial charge in [-0.15, -0.1) is 0 Å². The summed E-state index contributed by atoms with van der Waals surface area (Å²) >= 11 is 0. The van der Waals surface area contributed by atoms with E-state index in [1.54, 1.807) is 37.5 Å². The molecule has 39 heavy (non-hydrogen) atoms. The Bertz CT molecular complexity index is 1440. The summed E-state index contributed by atoms with van der Waals surface area (Å²) in [4.78, 5) is 27.6. The molecule has 0 aliphatic carbocycles. The zero-order valence-corrected chi connectivity index (χ0v) is 22.4. The van der Waals surface area contributed by atoms with E-state index in [1.807, 2.05) is 31.7 Å². The van der Waals surface area contributed by atoms with Gasteiger partial charge in [-0.1, -0.05) is 26.0 Å². The Balaban J connectivity index is 0.00000205. The lowest BCUT2D eigenvalue weighted by Crippen LogP contribution is -2.40. The van der Waals surface area contributed by atoms with E-state index in [1.165, 1.54) is 10.6 Å². The van der Waals surface area contributed by atoms with E-state index in [0.717, 1.165) is 28.8 Å². The Morgan fingerprint density at radius 2 is 1.79 bits per heavy atom. The summed E-state index contributed by atoms with van der Waals surface area (Å²) in [5, 5.41) is 11.5. The number of anilines is 2. The first-order valence-corrected chi connectivity index (χ1v) is 12.6. The van der Waals surface area contributed by atoms with Crippen LogP contribution in [0, 0.1) is 18.3 Å². The summed E-state index contributed by atoms with van der Waals surface area (Å²) in [5.41, 5.74) is 1.87. The van der Waals surface area contributed by atoms with E-state index in [0.29, 0.717) is 37.7 Å². The normalized spacial score (nSPS) is 13.2. The summed E-state index contributed by atoms with van der Waals surface area (Å²) in [5.74, 6) is -0.710. The number of rotatable bonds is 5. The first-order chi connectivity index (χ1) is 18.6. The van der Waals surface area contributed by atoms with E-state index in [2.05, 4.69) is 5.32 Å². The number of aromatic nitrogens is 1. The number of ether oxygens (including phenoxy) is 1. The minimum Gasteiger partial charge on any atom is -0.378 e. The number of aryl methyl sites for hydroxylation is 2. The van der Waals surface area contributed by atoms with Gasteiger partial charge in [-0.25, -0.2) is 0 Å². The molecule has 1 N–H and O–H groups in total. The van der Waals surface area contributed by atoms with Crippen LogP contribution in [0.1, 0.15) is 40.9 Å². The van der Waals surface area contributed by atoms with Gasteiger partial charge in [0.25, 0.3) is 11.5 Å². The van der Waals surface area contributed by atoms with Crippen LogP contribution in [0.25, 0.3) is 11.1 Å². The zero-order valence-electron chi connectivity index (χ0n) is 22.4. The Labute approximate surface area is 225 Å². The molecule has 0 unspecified atom stereocenters. The van der Waals surface area contributed by atoms with Crippen LogP contribution in [0.5, 0.6) is 0 Å². The number of nitrogens with one attached hydrogen (secondary N) is 1. The van der Waals surface area contributed by atoms with Gasteiger partial charge in [-0.05, 0) is 53.9 Å². The smallest absolute Gasteiger partial charge is 0.378 e. The molecule has 4 rings (SSSR count). The largest absolute Gasteiger partial charge is 0.416 e. The highest BCUT2D eigenvalue weighted by Gasteiger charge is 2.34. The molecule has 1 saturated heterocycles. The number of morpholine rings is 1. The van der Waals surface area contributed by atoms with E-state index in [9.17, 15) is 22.8 Å². The number of benzene rings is 2. The lowest BCUT2D eigenvalue weighted by molar-refractivity contribution is -0.138. The predicted octanol–water partition coefficient (Wildman–Crippen LogP) is 5.56. The number of carbonyl (C=O) groups is 1. The summed E-state index contributed by atoms with van der Waals surface area (Å²) < 4.78 is 47.3. The Hall–Kier alpha value is -4.10. The molecule has 1 aromatic heterocycles. The molecule has 7 nitrogen and oxygen atoms in total. The Morgan fingerprint density at radius 3 is 2.44 bits per heavy atom. The molecular weight excluding hydrogens is 509 g/mol. The molecule has 1 aliphatic rings. The van der Waals surface area contributed by atoms with Gasteiger partial charge in [-0.2, -0.15) is 18.4 Å². The topological polar surface area (TPSA) is 87.4 Å². The lowest BCUT2D eigenvalue weighted by Gasteiger charge is -2.29. The highest BCUT2D eigenvalue weighted by Crippen LogP contribution is 2.33. The minimum atomic E-state index is -4.69. The van der Waals surface area contributed by atoms with Gasteiger partial charge in [0, 0.05) is 43.1 Å². The molecule has 0 spiro atoms. The third-order valence-electron chi connectivity index (χ3n) is 6.27. The van der Waals surface area contributed by atoms with Crippen molar-refractivity contribution in [3.05, 3.63) is 81.3 Å². The van der Waals surface area contributed by atoms with Gasteiger partial charge < -0.3 is 19.5 Å². The number of pyridine rings is 1. The SMILES string of the molecule is CC.Cc1ccc(NC(=O)c2ccc(CC#N)c(C(F)(F)F)c2)cc1-c1cc(N2CCOCC2)c(=O)n(C)c1. The Kier molecular flexibility index (Phi) is 9.54. The van der Waals surface area contributed by atoms with Gasteiger partial charge in [0.15, 0.2) is 0 Å². The molecule has 1 fully saturated rings. The maximum absolute atomic E-state index is 13.5. The number of nitriles is 1. The average molecular weight is 541 g/mol. The van der Waals surface area contributed by atoms with Crippen molar-refractivity contribution < 1.29 is 22.7 Å². The van der Waals surface area contributed by atoms with E-state index in [4.69, 9.17) is 10.00 Å². The molecule has 0 saturated carbocycles. The van der Waals surface area contributed by atoms with Crippen LogP contribution in [-0.4, -0.2) is 36.8 Å². The summed E-state index contributed by atoms with van der Waals surface area (Å²) in [7, 11) is 1.67. The van der Waals surface area contributed by atoms with Crippen molar-refractivity contribution in [1.29, 1.82) is 5.26 Å². The van der Waals surface area contributed by atoms with Crippen molar-refractivity contribution in [2.45, 2.75) is 33.4 Å². The van der Waals surface area contributed by atoms with Crippen molar-refractivity contribution >= 4 is 17.3 Å². The van der Waals surface area contributed by atoms with E-state index < -0.39 is 24.1 Å². The number of nitrogens with zero attached hydrogens (tertiary/aromatic N) is 3. The number of hydrogen-bond acceptors (Lipinski definition) is 5. The number of hydrogen-bond donors (Lipinski definition) is 1. The van der Waals surface area contributed by atoms with Crippen LogP contribution < -0.4 is 15.8 Å². The minimum absolute atomic E-state index is 0.131. The van der Waals surface area contributed by atoms with Gasteiger partial charge in [-0.3, -0.25) is 9.59 Å². The summed E-state index contributed by atoms with van der Waals surface area (Å²) in [6, 6.07) is 11.9. The first kappa shape index (κ1) is 29.5. The first-order valence-electron chi connectivity index (χ1n) is 12.6. The predicted molar refractivity (Wildman–Crippen MR) is 145 cm³/mol.